The Balaban J connectivity index is 1.57. The fourth-order valence-corrected chi connectivity index (χ4v) is 5.24. The van der Waals surface area contributed by atoms with Crippen LogP contribution >= 0.6 is 0 Å². The molecule has 0 spiro atoms. The topological polar surface area (TPSA) is 114 Å². The van der Waals surface area contributed by atoms with Crippen molar-refractivity contribution in [3.8, 4) is 0 Å². The predicted molar refractivity (Wildman–Crippen MR) is 163 cm³/mol. The van der Waals surface area contributed by atoms with Crippen molar-refractivity contribution in [2.45, 2.75) is 63.5 Å². The molecule has 0 radical (unpaired) electrons. The number of benzene rings is 2. The number of ether oxygens (including phenoxy) is 2. The molecule has 2 aromatic carbocycles. The number of nitrogens with zero attached hydrogens (tertiary/aromatic N) is 1. The van der Waals surface area contributed by atoms with Gasteiger partial charge in [-0.05, 0) is 55.7 Å². The molecule has 2 atom stereocenters. The van der Waals surface area contributed by atoms with Crippen molar-refractivity contribution in [2.75, 3.05) is 26.8 Å². The molecule has 1 heterocycles. The molecule has 1 fully saturated rings. The van der Waals surface area contributed by atoms with Crippen molar-refractivity contribution in [3.05, 3.63) is 95.3 Å². The summed E-state index contributed by atoms with van der Waals surface area (Å²) >= 11 is 0. The molecule has 2 N–H and O–H groups in total. The smallest absolute Gasteiger partial charge is 0.328 e. The van der Waals surface area contributed by atoms with Gasteiger partial charge in [0.2, 0.25) is 11.8 Å². The number of hydrogen-bond acceptors (Lipinski definition) is 6. The molecule has 1 saturated heterocycles. The summed E-state index contributed by atoms with van der Waals surface area (Å²) in [5.41, 5.74) is 2.37. The van der Waals surface area contributed by atoms with Crippen LogP contribution < -0.4 is 10.6 Å². The Hall–Kier alpha value is -4.40. The van der Waals surface area contributed by atoms with E-state index < -0.39 is 29.9 Å². The van der Waals surface area contributed by atoms with Crippen LogP contribution in [0.15, 0.2) is 84.1 Å². The monoisotopic (exact) mass is 587 g/mol. The number of carbonyl (C=O) groups excluding carboxylic acids is 4. The minimum Gasteiger partial charge on any atom is -0.493 e. The molecule has 228 valence electrons. The summed E-state index contributed by atoms with van der Waals surface area (Å²) in [6.07, 6.45) is 7.64. The lowest BCUT2D eigenvalue weighted by Gasteiger charge is -2.25. The number of rotatable bonds is 6. The van der Waals surface area contributed by atoms with Crippen molar-refractivity contribution < 1.29 is 28.7 Å². The van der Waals surface area contributed by atoms with Crippen molar-refractivity contribution in [1.82, 2.24) is 15.5 Å². The quantitative estimate of drug-likeness (QED) is 0.499. The van der Waals surface area contributed by atoms with Gasteiger partial charge in [-0.25, -0.2) is 4.79 Å². The third kappa shape index (κ3) is 9.56. The van der Waals surface area contributed by atoms with Gasteiger partial charge in [0.15, 0.2) is 0 Å². The Kier molecular flexibility index (Phi) is 11.9. The van der Waals surface area contributed by atoms with Crippen molar-refractivity contribution in [3.63, 3.8) is 0 Å². The zero-order valence-electron chi connectivity index (χ0n) is 24.8. The summed E-state index contributed by atoms with van der Waals surface area (Å²) in [6, 6.07) is 17.3. The molecule has 2 unspecified atom stereocenters. The van der Waals surface area contributed by atoms with Crippen LogP contribution in [0.5, 0.6) is 0 Å². The van der Waals surface area contributed by atoms with E-state index >= 15 is 0 Å². The molecule has 2 aromatic rings. The van der Waals surface area contributed by atoms with E-state index in [1.165, 1.54) is 7.11 Å². The number of esters is 1. The summed E-state index contributed by atoms with van der Waals surface area (Å²) in [4.78, 5) is 55.0. The highest BCUT2D eigenvalue weighted by molar-refractivity contribution is 6.00. The number of methoxy groups -OCH3 is 1. The third-order valence-corrected chi connectivity index (χ3v) is 7.65. The Bertz CT molecular complexity index is 1310. The number of amides is 3. The number of fused-ring (bicyclic) bond motifs is 1. The second kappa shape index (κ2) is 16.3. The fourth-order valence-electron chi connectivity index (χ4n) is 5.24. The Morgan fingerprint density at radius 2 is 1.63 bits per heavy atom. The molecular weight excluding hydrogens is 546 g/mol. The molecule has 9 heteroatoms. The number of nitrogens with one attached hydrogen (secondary N) is 2. The Morgan fingerprint density at radius 3 is 2.35 bits per heavy atom. The number of hydrogen-bond donors (Lipinski definition) is 2. The van der Waals surface area contributed by atoms with E-state index in [2.05, 4.69) is 10.6 Å². The molecule has 2 aliphatic rings. The number of carbonyl (C=O) groups is 4. The normalized spacial score (nSPS) is 20.8. The predicted octanol–water partition coefficient (Wildman–Crippen LogP) is 3.64. The number of allylic oxidation sites excluding steroid dienone is 2. The first-order valence-corrected chi connectivity index (χ1v) is 15.0. The molecule has 0 saturated carbocycles. The summed E-state index contributed by atoms with van der Waals surface area (Å²) in [5, 5.41) is 5.62. The van der Waals surface area contributed by atoms with E-state index in [0.717, 1.165) is 24.0 Å². The molecule has 0 bridgehead atoms. The Morgan fingerprint density at radius 1 is 0.930 bits per heavy atom. The largest absolute Gasteiger partial charge is 0.493 e. The minimum absolute atomic E-state index is 0.0564. The summed E-state index contributed by atoms with van der Waals surface area (Å²) in [5.74, 6) is -1.19. The van der Waals surface area contributed by atoms with Crippen LogP contribution in [0.3, 0.4) is 0 Å². The molecular formula is C34H41N3O6. The van der Waals surface area contributed by atoms with Gasteiger partial charge in [0, 0.05) is 25.9 Å². The van der Waals surface area contributed by atoms with E-state index in [9.17, 15) is 19.2 Å². The van der Waals surface area contributed by atoms with Crippen LogP contribution in [0, 0.1) is 0 Å². The minimum atomic E-state index is -1.05. The second-order valence-electron chi connectivity index (χ2n) is 10.8. The summed E-state index contributed by atoms with van der Waals surface area (Å²) in [6.45, 7) is 1.47. The van der Waals surface area contributed by atoms with Gasteiger partial charge < -0.3 is 25.0 Å². The Labute approximate surface area is 253 Å². The lowest BCUT2D eigenvalue weighted by atomic mass is 10.0. The highest BCUT2D eigenvalue weighted by atomic mass is 16.5. The van der Waals surface area contributed by atoms with Gasteiger partial charge in [0.05, 0.1) is 19.3 Å². The maximum Gasteiger partial charge on any atom is 0.328 e. The van der Waals surface area contributed by atoms with E-state index in [1.54, 1.807) is 0 Å². The highest BCUT2D eigenvalue weighted by Crippen LogP contribution is 2.21. The average Bonchev–Trinajstić information content (AvgIpc) is 3.04. The zero-order chi connectivity index (χ0) is 30.4. The lowest BCUT2D eigenvalue weighted by Crippen LogP contribution is -2.53. The highest BCUT2D eigenvalue weighted by Gasteiger charge is 2.30. The van der Waals surface area contributed by atoms with Gasteiger partial charge in [-0.2, -0.15) is 0 Å². The summed E-state index contributed by atoms with van der Waals surface area (Å²) < 4.78 is 11.0. The van der Waals surface area contributed by atoms with Gasteiger partial charge in [-0.1, -0.05) is 66.7 Å². The van der Waals surface area contributed by atoms with Gasteiger partial charge >= 0.3 is 5.97 Å². The molecule has 9 nitrogen and oxygen atoms in total. The average molecular weight is 588 g/mol. The van der Waals surface area contributed by atoms with E-state index in [4.69, 9.17) is 9.47 Å². The maximum atomic E-state index is 13.6. The van der Waals surface area contributed by atoms with Crippen LogP contribution in [0.2, 0.25) is 0 Å². The van der Waals surface area contributed by atoms with E-state index in [-0.39, 0.29) is 25.2 Å². The lowest BCUT2D eigenvalue weighted by molar-refractivity contribution is -0.146. The van der Waals surface area contributed by atoms with Crippen LogP contribution in [-0.2, 0) is 41.5 Å². The molecule has 3 amide bonds. The van der Waals surface area contributed by atoms with Gasteiger partial charge in [-0.15, -0.1) is 0 Å². The van der Waals surface area contributed by atoms with Gasteiger partial charge in [-0.3, -0.25) is 14.4 Å². The summed E-state index contributed by atoms with van der Waals surface area (Å²) in [7, 11) is 1.25. The first-order valence-electron chi connectivity index (χ1n) is 15.0. The SMILES string of the molecule is COC(=O)C1CCC(=O)N(CCc2ccccc2)CCCCOC2=CCCC=C2C(=O)NC(Cc2ccccc2)C(=O)N1. The van der Waals surface area contributed by atoms with Crippen LogP contribution in [0.25, 0.3) is 0 Å². The van der Waals surface area contributed by atoms with Crippen molar-refractivity contribution in [2.24, 2.45) is 0 Å². The van der Waals surface area contributed by atoms with Crippen molar-refractivity contribution >= 4 is 23.7 Å². The van der Waals surface area contributed by atoms with Crippen LogP contribution in [0.4, 0.5) is 0 Å². The van der Waals surface area contributed by atoms with Gasteiger partial charge in [0.1, 0.15) is 17.8 Å². The second-order valence-corrected chi connectivity index (χ2v) is 10.8. The molecule has 43 heavy (non-hydrogen) atoms. The first-order chi connectivity index (χ1) is 20.9. The third-order valence-electron chi connectivity index (χ3n) is 7.65. The van der Waals surface area contributed by atoms with Crippen molar-refractivity contribution in [1.29, 1.82) is 0 Å². The molecule has 0 aromatic heterocycles. The van der Waals surface area contributed by atoms with Gasteiger partial charge in [0.25, 0.3) is 5.91 Å². The standard InChI is InChI=1S/C34H41N3O6/c1-42-34(41)28-18-19-31(38)37(22-20-25-12-4-2-5-13-25)21-10-11-23-43-30-17-9-8-16-27(30)32(39)36-29(33(40)35-28)24-26-14-6-3-7-15-26/h2-7,12-17,28-29H,8-11,18-24H2,1H3,(H,35,40)(H,36,39). The molecule has 1 aliphatic heterocycles. The molecule has 4 rings (SSSR count). The zero-order valence-corrected chi connectivity index (χ0v) is 24.8. The van der Waals surface area contributed by atoms with Crippen LogP contribution in [0.1, 0.15) is 49.7 Å². The van der Waals surface area contributed by atoms with E-state index in [0.29, 0.717) is 50.3 Å². The fraction of sp³-hybridized carbons (Fsp3) is 0.412. The van der Waals surface area contributed by atoms with Crippen LogP contribution in [-0.4, -0.2) is 67.5 Å². The molecule has 1 aliphatic carbocycles. The van der Waals surface area contributed by atoms with E-state index in [1.807, 2.05) is 77.7 Å². The first kappa shape index (κ1) is 31.5. The maximum absolute atomic E-state index is 13.6.